The minimum absolute atomic E-state index is 0.0847. The summed E-state index contributed by atoms with van der Waals surface area (Å²) in [5.74, 6) is 0.285. The zero-order chi connectivity index (χ0) is 12.7. The minimum atomic E-state index is 0.0847. The number of hydrogen-bond donors (Lipinski definition) is 2. The summed E-state index contributed by atoms with van der Waals surface area (Å²) in [5.41, 5.74) is 9.03. The van der Waals surface area contributed by atoms with E-state index in [-0.39, 0.29) is 11.8 Å². The van der Waals surface area contributed by atoms with Gasteiger partial charge in [-0.05, 0) is 12.1 Å². The molecule has 3 N–H and O–H groups in total. The lowest BCUT2D eigenvalue weighted by atomic mass is 10.1. The Morgan fingerprint density at radius 2 is 2.39 bits per heavy atom. The van der Waals surface area contributed by atoms with Gasteiger partial charge in [0.1, 0.15) is 0 Å². The Morgan fingerprint density at radius 3 is 3.11 bits per heavy atom. The molecule has 18 heavy (non-hydrogen) atoms. The van der Waals surface area contributed by atoms with E-state index in [1.807, 2.05) is 18.2 Å². The van der Waals surface area contributed by atoms with Crippen molar-refractivity contribution in [3.05, 3.63) is 31.1 Å². The molecule has 0 saturated carbocycles. The number of benzene rings is 1. The van der Waals surface area contributed by atoms with E-state index in [9.17, 15) is 4.79 Å². The highest BCUT2D eigenvalue weighted by molar-refractivity contribution is 6.01. The molecular weight excluding hydrogens is 228 g/mol. The molecule has 0 spiro atoms. The molecule has 1 aliphatic rings. The average molecular weight is 242 g/mol. The van der Waals surface area contributed by atoms with Crippen LogP contribution in [0.3, 0.4) is 0 Å². The molecule has 0 radical (unpaired) electrons. The number of nitrogens with one attached hydrogen (secondary N) is 1. The maximum atomic E-state index is 12.0. The molecule has 1 aromatic carbocycles. The van der Waals surface area contributed by atoms with Gasteiger partial charge in [0.2, 0.25) is 5.91 Å². The van der Waals surface area contributed by atoms with E-state index in [4.69, 9.17) is 5.73 Å². The molecule has 2 aromatic rings. The molecule has 92 valence electrons. The number of aromatic nitrogens is 2. The van der Waals surface area contributed by atoms with E-state index in [2.05, 4.69) is 16.5 Å². The van der Waals surface area contributed by atoms with Crippen molar-refractivity contribution < 1.29 is 4.79 Å². The number of H-pyrrole nitrogens is 1. The van der Waals surface area contributed by atoms with Crippen LogP contribution in [0.5, 0.6) is 0 Å². The first-order chi connectivity index (χ1) is 8.69. The summed E-state index contributed by atoms with van der Waals surface area (Å²) in [4.78, 5) is 20.9. The second-order valence-corrected chi connectivity index (χ2v) is 4.53. The number of carbonyl (C=O) groups excluding carboxylic acids is 1. The van der Waals surface area contributed by atoms with Crippen LogP contribution in [0.1, 0.15) is 6.42 Å². The first-order valence-corrected chi connectivity index (χ1v) is 5.84. The highest BCUT2D eigenvalue weighted by Gasteiger charge is 2.30. The van der Waals surface area contributed by atoms with Gasteiger partial charge in [-0.25, -0.2) is 4.98 Å². The number of fused-ring (bicyclic) bond motifs is 1. The van der Waals surface area contributed by atoms with Gasteiger partial charge in [-0.1, -0.05) is 6.08 Å². The van der Waals surface area contributed by atoms with E-state index in [0.717, 1.165) is 16.7 Å². The molecule has 5 heteroatoms. The van der Waals surface area contributed by atoms with Gasteiger partial charge in [0.25, 0.3) is 0 Å². The average Bonchev–Trinajstić information content (AvgIpc) is 2.93. The summed E-state index contributed by atoms with van der Waals surface area (Å²) in [7, 11) is 0. The molecule has 0 aliphatic carbocycles. The standard InChI is InChI=1S/C13H14N4O/c1-2-8-3-13(18)17(6-8)12-5-11-10(4-9(12)14)15-7-16-11/h2,4-5,7-8H,1,3,6,14H2,(H,15,16). The molecule has 1 aliphatic heterocycles. The number of rotatable bonds is 2. The fourth-order valence-electron chi connectivity index (χ4n) is 2.35. The van der Waals surface area contributed by atoms with Crippen LogP contribution in [0.2, 0.25) is 0 Å². The number of nitrogens with zero attached hydrogens (tertiary/aromatic N) is 2. The maximum absolute atomic E-state index is 12.0. The van der Waals surface area contributed by atoms with Gasteiger partial charge in [-0.15, -0.1) is 6.58 Å². The van der Waals surface area contributed by atoms with Gasteiger partial charge in [0, 0.05) is 18.9 Å². The third kappa shape index (κ3) is 1.55. The van der Waals surface area contributed by atoms with Gasteiger partial charge < -0.3 is 15.6 Å². The second kappa shape index (κ2) is 3.87. The number of carbonyl (C=O) groups is 1. The summed E-state index contributed by atoms with van der Waals surface area (Å²) in [5, 5.41) is 0. The number of imidazole rings is 1. The lowest BCUT2D eigenvalue weighted by molar-refractivity contribution is -0.117. The van der Waals surface area contributed by atoms with Crippen LogP contribution in [0.4, 0.5) is 11.4 Å². The Labute approximate surface area is 104 Å². The minimum Gasteiger partial charge on any atom is -0.397 e. The lowest BCUT2D eigenvalue weighted by Gasteiger charge is -2.18. The topological polar surface area (TPSA) is 75.0 Å². The number of amides is 1. The molecule has 1 amide bonds. The van der Waals surface area contributed by atoms with Crippen molar-refractivity contribution in [1.82, 2.24) is 9.97 Å². The highest BCUT2D eigenvalue weighted by Crippen LogP contribution is 2.32. The third-order valence-electron chi connectivity index (χ3n) is 3.35. The first kappa shape index (κ1) is 10.8. The van der Waals surface area contributed by atoms with Crippen LogP contribution in [0, 0.1) is 5.92 Å². The summed E-state index contributed by atoms with van der Waals surface area (Å²) >= 11 is 0. The van der Waals surface area contributed by atoms with Crippen molar-refractivity contribution in [2.24, 2.45) is 5.92 Å². The van der Waals surface area contributed by atoms with Gasteiger partial charge in [-0.2, -0.15) is 0 Å². The van der Waals surface area contributed by atoms with Crippen molar-refractivity contribution in [3.8, 4) is 0 Å². The van der Waals surface area contributed by atoms with Crippen molar-refractivity contribution in [2.45, 2.75) is 6.42 Å². The fraction of sp³-hybridized carbons (Fsp3) is 0.231. The Kier molecular flexibility index (Phi) is 2.33. The van der Waals surface area contributed by atoms with Gasteiger partial charge in [0.05, 0.1) is 28.7 Å². The van der Waals surface area contributed by atoms with E-state index in [0.29, 0.717) is 18.7 Å². The van der Waals surface area contributed by atoms with Crippen molar-refractivity contribution in [2.75, 3.05) is 17.2 Å². The summed E-state index contributed by atoms with van der Waals surface area (Å²) in [6, 6.07) is 3.66. The number of nitrogens with two attached hydrogens (primary N) is 1. The zero-order valence-electron chi connectivity index (χ0n) is 9.89. The molecule has 1 aromatic heterocycles. The van der Waals surface area contributed by atoms with Gasteiger partial charge in [0.15, 0.2) is 0 Å². The van der Waals surface area contributed by atoms with Crippen LogP contribution in [-0.4, -0.2) is 22.4 Å². The smallest absolute Gasteiger partial charge is 0.227 e. The molecule has 1 atom stereocenters. The number of anilines is 2. The molecule has 1 fully saturated rings. The quantitative estimate of drug-likeness (QED) is 0.621. The molecule has 1 unspecified atom stereocenters. The largest absolute Gasteiger partial charge is 0.397 e. The molecule has 5 nitrogen and oxygen atoms in total. The predicted octanol–water partition coefficient (Wildman–Crippen LogP) is 1.68. The monoisotopic (exact) mass is 242 g/mol. The van der Waals surface area contributed by atoms with E-state index < -0.39 is 0 Å². The van der Waals surface area contributed by atoms with Crippen LogP contribution < -0.4 is 10.6 Å². The molecule has 0 bridgehead atoms. The Hall–Kier alpha value is -2.30. The van der Waals surface area contributed by atoms with Crippen molar-refractivity contribution >= 4 is 28.3 Å². The zero-order valence-corrected chi connectivity index (χ0v) is 9.89. The number of nitrogen functional groups attached to an aromatic ring is 1. The van der Waals surface area contributed by atoms with Crippen LogP contribution in [-0.2, 0) is 4.79 Å². The van der Waals surface area contributed by atoms with Crippen molar-refractivity contribution in [1.29, 1.82) is 0 Å². The second-order valence-electron chi connectivity index (χ2n) is 4.53. The van der Waals surface area contributed by atoms with Crippen LogP contribution in [0.25, 0.3) is 11.0 Å². The van der Waals surface area contributed by atoms with Crippen LogP contribution >= 0.6 is 0 Å². The Balaban J connectivity index is 2.05. The first-order valence-electron chi connectivity index (χ1n) is 5.84. The van der Waals surface area contributed by atoms with E-state index >= 15 is 0 Å². The maximum Gasteiger partial charge on any atom is 0.227 e. The molecule has 3 rings (SSSR count). The molecule has 1 saturated heterocycles. The Morgan fingerprint density at radius 1 is 1.56 bits per heavy atom. The van der Waals surface area contributed by atoms with Gasteiger partial charge >= 0.3 is 0 Å². The molecular formula is C13H14N4O. The van der Waals surface area contributed by atoms with Crippen LogP contribution in [0.15, 0.2) is 31.1 Å². The lowest BCUT2D eigenvalue weighted by Crippen LogP contribution is -2.25. The SMILES string of the molecule is C=CC1CC(=O)N(c2cc3nc[nH]c3cc2N)C1. The third-order valence-corrected chi connectivity index (χ3v) is 3.35. The highest BCUT2D eigenvalue weighted by atomic mass is 16.2. The van der Waals surface area contributed by atoms with Gasteiger partial charge in [-0.3, -0.25) is 4.79 Å². The number of hydrogen-bond acceptors (Lipinski definition) is 3. The Bertz CT molecular complexity index is 631. The number of aromatic amines is 1. The van der Waals surface area contributed by atoms with E-state index in [1.54, 1.807) is 11.2 Å². The normalized spacial score (nSPS) is 19.7. The van der Waals surface area contributed by atoms with Crippen molar-refractivity contribution in [3.63, 3.8) is 0 Å². The summed E-state index contributed by atoms with van der Waals surface area (Å²) in [6.45, 7) is 4.38. The van der Waals surface area contributed by atoms with E-state index in [1.165, 1.54) is 0 Å². The molecule has 2 heterocycles. The fourth-order valence-corrected chi connectivity index (χ4v) is 2.35. The summed E-state index contributed by atoms with van der Waals surface area (Å²) < 4.78 is 0. The summed E-state index contributed by atoms with van der Waals surface area (Å²) in [6.07, 6.45) is 3.94. The predicted molar refractivity (Wildman–Crippen MR) is 71.2 cm³/mol.